The zero-order valence-electron chi connectivity index (χ0n) is 6.35. The van der Waals surface area contributed by atoms with Crippen molar-refractivity contribution in [3.63, 3.8) is 0 Å². The van der Waals surface area contributed by atoms with Crippen molar-refractivity contribution in [2.24, 2.45) is 0 Å². The Bertz CT molecular complexity index is 231. The standard InChI is InChI=1S/C9H10Cl2/c1-2-7-5-3-4-6-8(7)9(10)11/h3-6,9H,2H2,1H3. The summed E-state index contributed by atoms with van der Waals surface area (Å²) < 4.78 is 0. The number of aryl methyl sites for hydroxylation is 1. The van der Waals surface area contributed by atoms with Crippen LogP contribution in [0, 0.1) is 0 Å². The van der Waals surface area contributed by atoms with E-state index in [1.807, 2.05) is 24.3 Å². The number of rotatable bonds is 2. The van der Waals surface area contributed by atoms with Crippen LogP contribution in [0.2, 0.25) is 0 Å². The smallest absolute Gasteiger partial charge is 0.100 e. The number of hydrogen-bond donors (Lipinski definition) is 0. The van der Waals surface area contributed by atoms with Crippen LogP contribution >= 0.6 is 23.2 Å². The van der Waals surface area contributed by atoms with Crippen molar-refractivity contribution in [3.05, 3.63) is 35.4 Å². The van der Waals surface area contributed by atoms with Crippen LogP contribution in [0.5, 0.6) is 0 Å². The molecule has 0 amide bonds. The third-order valence-corrected chi connectivity index (χ3v) is 2.14. The minimum Gasteiger partial charge on any atom is -0.100 e. The van der Waals surface area contributed by atoms with E-state index >= 15 is 0 Å². The molecule has 0 aromatic heterocycles. The third-order valence-electron chi connectivity index (χ3n) is 1.67. The van der Waals surface area contributed by atoms with Crippen molar-refractivity contribution in [1.82, 2.24) is 0 Å². The van der Waals surface area contributed by atoms with Gasteiger partial charge in [-0.05, 0) is 17.5 Å². The van der Waals surface area contributed by atoms with E-state index in [2.05, 4.69) is 6.92 Å². The second-order valence-corrected chi connectivity index (χ2v) is 3.45. The first kappa shape index (κ1) is 8.89. The van der Waals surface area contributed by atoms with Gasteiger partial charge in [-0.15, -0.1) is 23.2 Å². The lowest BCUT2D eigenvalue weighted by Gasteiger charge is -2.06. The van der Waals surface area contributed by atoms with Crippen molar-refractivity contribution in [1.29, 1.82) is 0 Å². The van der Waals surface area contributed by atoms with E-state index in [0.717, 1.165) is 12.0 Å². The number of halogens is 2. The van der Waals surface area contributed by atoms with Crippen LogP contribution in [-0.4, -0.2) is 0 Å². The van der Waals surface area contributed by atoms with Crippen LogP contribution < -0.4 is 0 Å². The molecule has 0 fully saturated rings. The number of benzene rings is 1. The average molecular weight is 189 g/mol. The summed E-state index contributed by atoms with van der Waals surface area (Å²) >= 11 is 11.5. The largest absolute Gasteiger partial charge is 0.133 e. The highest BCUT2D eigenvalue weighted by atomic mass is 35.5. The van der Waals surface area contributed by atoms with Gasteiger partial charge in [0.1, 0.15) is 4.84 Å². The summed E-state index contributed by atoms with van der Waals surface area (Å²) in [5.41, 5.74) is 2.25. The normalized spacial score (nSPS) is 10.5. The molecule has 1 aromatic carbocycles. The van der Waals surface area contributed by atoms with Crippen molar-refractivity contribution in [2.45, 2.75) is 18.2 Å². The SMILES string of the molecule is CCc1ccccc1C(Cl)Cl. The summed E-state index contributed by atoms with van der Waals surface area (Å²) in [4.78, 5) is -0.397. The Hall–Kier alpha value is -0.200. The fourth-order valence-electron chi connectivity index (χ4n) is 1.07. The average Bonchev–Trinajstić information content (AvgIpc) is 2.04. The molecule has 0 unspecified atom stereocenters. The van der Waals surface area contributed by atoms with Gasteiger partial charge in [-0.25, -0.2) is 0 Å². The predicted molar refractivity (Wildman–Crippen MR) is 50.3 cm³/mol. The Labute approximate surface area is 77.1 Å². The lowest BCUT2D eigenvalue weighted by molar-refractivity contribution is 1.09. The van der Waals surface area contributed by atoms with Gasteiger partial charge in [0, 0.05) is 0 Å². The second kappa shape index (κ2) is 3.99. The summed E-state index contributed by atoms with van der Waals surface area (Å²) in [5, 5.41) is 0. The first-order chi connectivity index (χ1) is 5.25. The molecule has 0 aliphatic heterocycles. The Kier molecular flexibility index (Phi) is 3.22. The van der Waals surface area contributed by atoms with E-state index in [9.17, 15) is 0 Å². The van der Waals surface area contributed by atoms with E-state index in [0.29, 0.717) is 0 Å². The van der Waals surface area contributed by atoms with Crippen LogP contribution in [0.3, 0.4) is 0 Å². The van der Waals surface area contributed by atoms with E-state index in [-0.39, 0.29) is 0 Å². The highest BCUT2D eigenvalue weighted by molar-refractivity contribution is 6.44. The topological polar surface area (TPSA) is 0 Å². The van der Waals surface area contributed by atoms with Gasteiger partial charge in [0.2, 0.25) is 0 Å². The monoisotopic (exact) mass is 188 g/mol. The molecule has 0 heterocycles. The maximum atomic E-state index is 5.75. The molecule has 0 atom stereocenters. The highest BCUT2D eigenvalue weighted by Crippen LogP contribution is 2.27. The third kappa shape index (κ3) is 2.11. The summed E-state index contributed by atoms with van der Waals surface area (Å²) in [7, 11) is 0. The first-order valence-electron chi connectivity index (χ1n) is 3.61. The van der Waals surface area contributed by atoms with Crippen molar-refractivity contribution in [2.75, 3.05) is 0 Å². The number of alkyl halides is 2. The minimum atomic E-state index is -0.397. The molecule has 0 aliphatic rings. The van der Waals surface area contributed by atoms with Gasteiger partial charge < -0.3 is 0 Å². The van der Waals surface area contributed by atoms with Crippen molar-refractivity contribution in [3.8, 4) is 0 Å². The molecule has 0 bridgehead atoms. The molecule has 11 heavy (non-hydrogen) atoms. The minimum absolute atomic E-state index is 0.397. The van der Waals surface area contributed by atoms with E-state index in [4.69, 9.17) is 23.2 Å². The van der Waals surface area contributed by atoms with Crippen molar-refractivity contribution >= 4 is 23.2 Å². The molecule has 0 N–H and O–H groups in total. The lowest BCUT2D eigenvalue weighted by atomic mass is 10.1. The van der Waals surface area contributed by atoms with Crippen LogP contribution in [0.15, 0.2) is 24.3 Å². The van der Waals surface area contributed by atoms with Gasteiger partial charge in [0.25, 0.3) is 0 Å². The summed E-state index contributed by atoms with van der Waals surface area (Å²) in [6, 6.07) is 7.96. The Morgan fingerprint density at radius 3 is 2.36 bits per heavy atom. The van der Waals surface area contributed by atoms with E-state index in [1.54, 1.807) is 0 Å². The Morgan fingerprint density at radius 2 is 1.91 bits per heavy atom. The molecular formula is C9H10Cl2. The molecule has 0 saturated carbocycles. The molecular weight excluding hydrogens is 179 g/mol. The molecule has 0 saturated heterocycles. The van der Waals surface area contributed by atoms with E-state index < -0.39 is 4.84 Å². The van der Waals surface area contributed by atoms with Crippen molar-refractivity contribution < 1.29 is 0 Å². The van der Waals surface area contributed by atoms with Gasteiger partial charge in [-0.3, -0.25) is 0 Å². The molecule has 0 aliphatic carbocycles. The molecule has 0 spiro atoms. The van der Waals surface area contributed by atoms with Crippen LogP contribution in [-0.2, 0) is 6.42 Å². The Balaban J connectivity index is 3.02. The second-order valence-electron chi connectivity index (χ2n) is 2.35. The molecule has 60 valence electrons. The molecule has 2 heteroatoms. The van der Waals surface area contributed by atoms with Gasteiger partial charge in [-0.2, -0.15) is 0 Å². The fraction of sp³-hybridized carbons (Fsp3) is 0.333. The van der Waals surface area contributed by atoms with Gasteiger partial charge >= 0.3 is 0 Å². The maximum absolute atomic E-state index is 5.75. The highest BCUT2D eigenvalue weighted by Gasteiger charge is 2.06. The molecule has 1 rings (SSSR count). The zero-order chi connectivity index (χ0) is 8.27. The summed E-state index contributed by atoms with van der Waals surface area (Å²) in [6.07, 6.45) is 0.978. The van der Waals surface area contributed by atoms with Crippen LogP contribution in [0.25, 0.3) is 0 Å². The number of hydrogen-bond acceptors (Lipinski definition) is 0. The van der Waals surface area contributed by atoms with Gasteiger partial charge in [0.15, 0.2) is 0 Å². The molecule has 1 aromatic rings. The predicted octanol–water partition coefficient (Wildman–Crippen LogP) is 3.73. The molecule has 0 nitrogen and oxygen atoms in total. The van der Waals surface area contributed by atoms with E-state index in [1.165, 1.54) is 5.56 Å². The van der Waals surface area contributed by atoms with Crippen LogP contribution in [0.1, 0.15) is 22.9 Å². The fourth-order valence-corrected chi connectivity index (χ4v) is 1.49. The lowest BCUT2D eigenvalue weighted by Crippen LogP contribution is -1.89. The van der Waals surface area contributed by atoms with Gasteiger partial charge in [-0.1, -0.05) is 31.2 Å². The first-order valence-corrected chi connectivity index (χ1v) is 4.49. The quantitative estimate of drug-likeness (QED) is 0.622. The molecule has 0 radical (unpaired) electrons. The Morgan fingerprint density at radius 1 is 1.27 bits per heavy atom. The van der Waals surface area contributed by atoms with Gasteiger partial charge in [0.05, 0.1) is 0 Å². The zero-order valence-corrected chi connectivity index (χ0v) is 7.86. The summed E-state index contributed by atoms with van der Waals surface area (Å²) in [5.74, 6) is 0. The van der Waals surface area contributed by atoms with Crippen LogP contribution in [0.4, 0.5) is 0 Å². The summed E-state index contributed by atoms with van der Waals surface area (Å²) in [6.45, 7) is 2.09. The maximum Gasteiger partial charge on any atom is 0.133 e.